The molecular weight excluding hydrogens is 428 g/mol. The maximum absolute atomic E-state index is 13.6. The summed E-state index contributed by atoms with van der Waals surface area (Å²) in [5.74, 6) is -3.30. The van der Waals surface area contributed by atoms with Crippen molar-refractivity contribution >= 4 is 17.5 Å². The van der Waals surface area contributed by atoms with Crippen LogP contribution in [0.2, 0.25) is 0 Å². The van der Waals surface area contributed by atoms with Gasteiger partial charge >= 0.3 is 12.1 Å². The summed E-state index contributed by atoms with van der Waals surface area (Å²) < 4.78 is 59.5. The Balaban J connectivity index is 2.15. The first-order valence-corrected chi connectivity index (χ1v) is 10.0. The zero-order valence-electron chi connectivity index (χ0n) is 18.1. The third-order valence-corrected chi connectivity index (χ3v) is 5.61. The Labute approximate surface area is 183 Å². The van der Waals surface area contributed by atoms with Gasteiger partial charge in [0.15, 0.2) is 0 Å². The van der Waals surface area contributed by atoms with Crippen LogP contribution in [0.1, 0.15) is 26.3 Å². The lowest BCUT2D eigenvalue weighted by atomic mass is 9.90. The maximum atomic E-state index is 13.6. The van der Waals surface area contributed by atoms with E-state index < -0.39 is 41.4 Å². The SMILES string of the molecule is COc1ccc(CC2(C)C(=O)N(c3ccc(F)cc3)C(C(C)C)N2C(=O)C(F)(F)F)cc1. The molecule has 0 N–H and O–H groups in total. The number of carbonyl (C=O) groups is 2. The first-order valence-electron chi connectivity index (χ1n) is 10.0. The Hall–Kier alpha value is -3.10. The molecule has 172 valence electrons. The average molecular weight is 452 g/mol. The van der Waals surface area contributed by atoms with Crippen molar-refractivity contribution in [1.82, 2.24) is 4.90 Å². The van der Waals surface area contributed by atoms with Crippen LogP contribution in [0.5, 0.6) is 5.75 Å². The van der Waals surface area contributed by atoms with Crippen LogP contribution in [0.3, 0.4) is 0 Å². The number of rotatable bonds is 5. The van der Waals surface area contributed by atoms with E-state index in [1.165, 1.54) is 26.2 Å². The molecule has 2 unspecified atom stereocenters. The highest BCUT2D eigenvalue weighted by atomic mass is 19.4. The highest BCUT2D eigenvalue weighted by molar-refractivity contribution is 6.07. The molecule has 0 radical (unpaired) electrons. The average Bonchev–Trinajstić information content (AvgIpc) is 2.95. The van der Waals surface area contributed by atoms with Crippen molar-refractivity contribution in [3.63, 3.8) is 0 Å². The van der Waals surface area contributed by atoms with Crippen LogP contribution in [0.15, 0.2) is 48.5 Å². The van der Waals surface area contributed by atoms with Gasteiger partial charge in [0.25, 0.3) is 5.91 Å². The summed E-state index contributed by atoms with van der Waals surface area (Å²) >= 11 is 0. The van der Waals surface area contributed by atoms with Gasteiger partial charge in [-0.05, 0) is 54.8 Å². The van der Waals surface area contributed by atoms with Crippen LogP contribution in [-0.4, -0.2) is 41.7 Å². The number of hydrogen-bond acceptors (Lipinski definition) is 3. The van der Waals surface area contributed by atoms with Gasteiger partial charge in [-0.3, -0.25) is 19.4 Å². The monoisotopic (exact) mass is 452 g/mol. The zero-order valence-corrected chi connectivity index (χ0v) is 18.1. The highest BCUT2D eigenvalue weighted by Crippen LogP contribution is 2.42. The second-order valence-electron chi connectivity index (χ2n) is 8.28. The van der Waals surface area contributed by atoms with Crippen molar-refractivity contribution in [2.45, 2.75) is 45.1 Å². The molecule has 0 spiro atoms. The van der Waals surface area contributed by atoms with E-state index in [4.69, 9.17) is 4.74 Å². The molecule has 2 aromatic carbocycles. The Bertz CT molecular complexity index is 990. The molecule has 32 heavy (non-hydrogen) atoms. The Kier molecular flexibility index (Phi) is 6.22. The fourth-order valence-electron chi connectivity index (χ4n) is 4.14. The summed E-state index contributed by atoms with van der Waals surface area (Å²) in [6, 6.07) is 11.4. The molecule has 0 bridgehead atoms. The Morgan fingerprint density at radius 1 is 1.09 bits per heavy atom. The van der Waals surface area contributed by atoms with Gasteiger partial charge in [-0.25, -0.2) is 4.39 Å². The summed E-state index contributed by atoms with van der Waals surface area (Å²) in [4.78, 5) is 28.0. The molecule has 9 heteroatoms. The molecule has 3 rings (SSSR count). The predicted octanol–water partition coefficient (Wildman–Crippen LogP) is 4.56. The standard InChI is InChI=1S/C23H24F4N2O3/c1-14(2)19-28(17-9-7-16(24)8-10-17)20(30)22(3,29(19)21(31)23(25,26)27)13-15-5-11-18(32-4)12-6-15/h5-12,14,19H,13H2,1-4H3. The van der Waals surface area contributed by atoms with Crippen LogP contribution >= 0.6 is 0 Å². The quantitative estimate of drug-likeness (QED) is 0.626. The van der Waals surface area contributed by atoms with E-state index in [1.54, 1.807) is 38.1 Å². The second-order valence-corrected chi connectivity index (χ2v) is 8.28. The summed E-state index contributed by atoms with van der Waals surface area (Å²) in [7, 11) is 1.48. The maximum Gasteiger partial charge on any atom is 0.471 e. The number of hydrogen-bond donors (Lipinski definition) is 0. The number of amides is 2. The van der Waals surface area contributed by atoms with Crippen LogP contribution in [0.4, 0.5) is 23.2 Å². The molecule has 5 nitrogen and oxygen atoms in total. The molecule has 0 aliphatic carbocycles. The summed E-state index contributed by atoms with van der Waals surface area (Å²) in [5, 5.41) is 0. The number of carbonyl (C=O) groups excluding carboxylic acids is 2. The fourth-order valence-corrected chi connectivity index (χ4v) is 4.14. The lowest BCUT2D eigenvalue weighted by molar-refractivity contribution is -0.192. The van der Waals surface area contributed by atoms with Gasteiger partial charge < -0.3 is 4.74 Å². The number of benzene rings is 2. The normalized spacial score (nSPS) is 21.4. The van der Waals surface area contributed by atoms with Crippen LogP contribution in [0, 0.1) is 11.7 Å². The molecule has 0 saturated carbocycles. The van der Waals surface area contributed by atoms with Crippen molar-refractivity contribution in [2.24, 2.45) is 5.92 Å². The minimum Gasteiger partial charge on any atom is -0.497 e. The third kappa shape index (κ3) is 4.16. The van der Waals surface area contributed by atoms with E-state index in [2.05, 4.69) is 0 Å². The number of anilines is 1. The minimum atomic E-state index is -5.17. The molecule has 2 atom stereocenters. The number of ether oxygens (including phenoxy) is 1. The van der Waals surface area contributed by atoms with Gasteiger partial charge in [0.2, 0.25) is 0 Å². The van der Waals surface area contributed by atoms with Crippen LogP contribution in [-0.2, 0) is 16.0 Å². The third-order valence-electron chi connectivity index (χ3n) is 5.61. The molecule has 2 aromatic rings. The van der Waals surface area contributed by atoms with E-state index in [0.717, 1.165) is 17.0 Å². The number of nitrogens with zero attached hydrogens (tertiary/aromatic N) is 2. The number of halogens is 4. The van der Waals surface area contributed by atoms with E-state index in [1.807, 2.05) is 0 Å². The summed E-state index contributed by atoms with van der Waals surface area (Å²) in [5.41, 5.74) is -1.04. The van der Waals surface area contributed by atoms with E-state index >= 15 is 0 Å². The molecule has 1 aliphatic rings. The molecule has 2 amide bonds. The zero-order chi connectivity index (χ0) is 23.8. The predicted molar refractivity (Wildman–Crippen MR) is 111 cm³/mol. The van der Waals surface area contributed by atoms with E-state index in [0.29, 0.717) is 16.2 Å². The van der Waals surface area contributed by atoms with E-state index in [9.17, 15) is 27.2 Å². The minimum absolute atomic E-state index is 0.140. The smallest absolute Gasteiger partial charge is 0.471 e. The van der Waals surface area contributed by atoms with Crippen LogP contribution in [0.25, 0.3) is 0 Å². The second kappa shape index (κ2) is 8.44. The molecular formula is C23H24F4N2O3. The fraction of sp³-hybridized carbons (Fsp3) is 0.391. The van der Waals surface area contributed by atoms with Gasteiger partial charge in [-0.2, -0.15) is 13.2 Å². The molecule has 1 aliphatic heterocycles. The number of alkyl halides is 3. The van der Waals surface area contributed by atoms with Crippen LogP contribution < -0.4 is 9.64 Å². The lowest BCUT2D eigenvalue weighted by Gasteiger charge is -2.38. The van der Waals surface area contributed by atoms with Crippen molar-refractivity contribution in [2.75, 3.05) is 12.0 Å². The van der Waals surface area contributed by atoms with Gasteiger partial charge in [0, 0.05) is 12.1 Å². The Morgan fingerprint density at radius 3 is 2.12 bits per heavy atom. The van der Waals surface area contributed by atoms with E-state index in [-0.39, 0.29) is 12.1 Å². The molecule has 0 aromatic heterocycles. The molecule has 1 saturated heterocycles. The van der Waals surface area contributed by atoms with Crippen molar-refractivity contribution in [3.05, 3.63) is 59.9 Å². The van der Waals surface area contributed by atoms with Gasteiger partial charge in [-0.15, -0.1) is 0 Å². The number of methoxy groups -OCH3 is 1. The van der Waals surface area contributed by atoms with Crippen molar-refractivity contribution in [3.8, 4) is 5.75 Å². The van der Waals surface area contributed by atoms with Crippen molar-refractivity contribution < 1.29 is 31.9 Å². The summed E-state index contributed by atoms with van der Waals surface area (Å²) in [6.45, 7) is 4.59. The lowest BCUT2D eigenvalue weighted by Crippen LogP contribution is -2.58. The first-order chi connectivity index (χ1) is 14.9. The molecule has 1 heterocycles. The largest absolute Gasteiger partial charge is 0.497 e. The van der Waals surface area contributed by atoms with Gasteiger partial charge in [-0.1, -0.05) is 26.0 Å². The van der Waals surface area contributed by atoms with Gasteiger partial charge in [0.1, 0.15) is 23.3 Å². The van der Waals surface area contributed by atoms with Gasteiger partial charge in [0.05, 0.1) is 7.11 Å². The topological polar surface area (TPSA) is 49.9 Å². The Morgan fingerprint density at radius 2 is 1.66 bits per heavy atom. The molecule has 1 fully saturated rings. The summed E-state index contributed by atoms with van der Waals surface area (Å²) in [6.07, 6.45) is -6.52. The first kappa shape index (κ1) is 23.6. The van der Waals surface area contributed by atoms with Crippen molar-refractivity contribution in [1.29, 1.82) is 0 Å². The highest BCUT2D eigenvalue weighted by Gasteiger charge is 2.62.